The quantitative estimate of drug-likeness (QED) is 0.401. The van der Waals surface area contributed by atoms with Crippen LogP contribution in [-0.4, -0.2) is 22.3 Å². The van der Waals surface area contributed by atoms with Gasteiger partial charge in [0.05, 0.1) is 23.8 Å². The number of hydrogen-bond acceptors (Lipinski definition) is 4. The maximum atomic E-state index is 13.3. The van der Waals surface area contributed by atoms with Gasteiger partial charge in [0.2, 0.25) is 0 Å². The van der Waals surface area contributed by atoms with Crippen molar-refractivity contribution < 1.29 is 23.5 Å². The van der Waals surface area contributed by atoms with Gasteiger partial charge in [-0.25, -0.2) is 0 Å². The van der Waals surface area contributed by atoms with E-state index < -0.39 is 24.8 Å². The van der Waals surface area contributed by atoms with Gasteiger partial charge in [-0.2, -0.15) is 0 Å². The van der Waals surface area contributed by atoms with Gasteiger partial charge < -0.3 is 14.2 Å². The molecule has 1 aromatic carbocycles. The summed E-state index contributed by atoms with van der Waals surface area (Å²) >= 11 is 0. The third-order valence-electron chi connectivity index (χ3n) is 3.53. The van der Waals surface area contributed by atoms with E-state index in [0.29, 0.717) is 6.42 Å². The van der Waals surface area contributed by atoms with Crippen LogP contribution in [0.25, 0.3) is 0 Å². The molecule has 0 radical (unpaired) electrons. The second-order valence-corrected chi connectivity index (χ2v) is 10.6. The first-order valence-corrected chi connectivity index (χ1v) is 10.9. The summed E-state index contributed by atoms with van der Waals surface area (Å²) in [5.74, 6) is -0.968. The minimum absolute atomic E-state index is 0.0458. The summed E-state index contributed by atoms with van der Waals surface area (Å²) in [6, 6.07) is 7.48. The van der Waals surface area contributed by atoms with E-state index in [1.165, 1.54) is 0 Å². The van der Waals surface area contributed by atoms with Gasteiger partial charge >= 0.3 is 13.6 Å². The predicted octanol–water partition coefficient (Wildman–Crippen LogP) is 6.14. The highest BCUT2D eigenvalue weighted by Gasteiger charge is 2.35. The molecule has 27 heavy (non-hydrogen) atoms. The lowest BCUT2D eigenvalue weighted by Gasteiger charge is -2.32. The van der Waals surface area contributed by atoms with Gasteiger partial charge in [-0.15, -0.1) is 6.58 Å². The fourth-order valence-corrected chi connectivity index (χ4v) is 5.28. The minimum Gasteiger partial charge on any atom is -0.481 e. The van der Waals surface area contributed by atoms with E-state index in [0.717, 1.165) is 11.1 Å². The SMILES string of the molecule is C=CC[C@H](CC(=O)O)c1ccc(CP(=O)(OC(C)(C)C)OC(C)(C)C)cc1. The Kier molecular flexibility index (Phi) is 8.03. The zero-order valence-electron chi connectivity index (χ0n) is 17.3. The molecule has 0 aromatic heterocycles. The van der Waals surface area contributed by atoms with Crippen molar-refractivity contribution in [3.05, 3.63) is 48.0 Å². The Labute approximate surface area is 163 Å². The number of carboxylic acid groups (broad SMARTS) is 1. The van der Waals surface area contributed by atoms with Crippen molar-refractivity contribution in [3.8, 4) is 0 Å². The second kappa shape index (κ2) is 9.18. The van der Waals surface area contributed by atoms with Crippen molar-refractivity contribution in [1.29, 1.82) is 0 Å². The average molecular weight is 396 g/mol. The Hall–Kier alpha value is -1.42. The summed E-state index contributed by atoms with van der Waals surface area (Å²) in [6.07, 6.45) is 2.52. The molecular weight excluding hydrogens is 363 g/mol. The van der Waals surface area contributed by atoms with Crippen LogP contribution in [0.5, 0.6) is 0 Å². The maximum Gasteiger partial charge on any atom is 0.336 e. The van der Waals surface area contributed by atoms with Gasteiger partial charge in [0.1, 0.15) is 0 Å². The standard InChI is InChI=1S/C21H33O5P/c1-8-9-18(14-19(22)23)17-12-10-16(11-13-17)15-27(24,25-20(2,3)4)26-21(5,6)7/h8,10-13,18H,1,9,14-15H2,2-7H3,(H,22,23)/t18-/m1/s1. The van der Waals surface area contributed by atoms with E-state index in [-0.39, 0.29) is 18.5 Å². The maximum absolute atomic E-state index is 13.3. The van der Waals surface area contributed by atoms with E-state index in [2.05, 4.69) is 6.58 Å². The second-order valence-electron chi connectivity index (χ2n) is 8.74. The first-order chi connectivity index (χ1) is 12.2. The van der Waals surface area contributed by atoms with Crippen molar-refractivity contribution >= 4 is 13.6 Å². The van der Waals surface area contributed by atoms with E-state index in [1.54, 1.807) is 6.08 Å². The highest BCUT2D eigenvalue weighted by atomic mass is 31.2. The number of carboxylic acids is 1. The van der Waals surface area contributed by atoms with Crippen molar-refractivity contribution in [1.82, 2.24) is 0 Å². The molecule has 0 fully saturated rings. The van der Waals surface area contributed by atoms with Gasteiger partial charge in [-0.1, -0.05) is 30.3 Å². The first kappa shape index (κ1) is 23.6. The van der Waals surface area contributed by atoms with Crippen LogP contribution in [0.15, 0.2) is 36.9 Å². The largest absolute Gasteiger partial charge is 0.481 e. The Morgan fingerprint density at radius 3 is 1.96 bits per heavy atom. The summed E-state index contributed by atoms with van der Waals surface area (Å²) < 4.78 is 25.0. The molecule has 0 heterocycles. The third-order valence-corrected chi connectivity index (χ3v) is 5.93. The highest BCUT2D eigenvalue weighted by molar-refractivity contribution is 7.53. The van der Waals surface area contributed by atoms with E-state index in [9.17, 15) is 9.36 Å². The average Bonchev–Trinajstić information content (AvgIpc) is 2.42. The smallest absolute Gasteiger partial charge is 0.336 e. The normalized spacial score (nSPS) is 14.0. The van der Waals surface area contributed by atoms with Crippen LogP contribution < -0.4 is 0 Å². The molecular formula is C21H33O5P. The first-order valence-electron chi connectivity index (χ1n) is 9.15. The topological polar surface area (TPSA) is 72.8 Å². The van der Waals surface area contributed by atoms with Crippen LogP contribution in [0.3, 0.4) is 0 Å². The monoisotopic (exact) mass is 396 g/mol. The highest BCUT2D eigenvalue weighted by Crippen LogP contribution is 2.56. The minimum atomic E-state index is -3.37. The summed E-state index contributed by atoms with van der Waals surface area (Å²) in [5.41, 5.74) is 0.543. The lowest BCUT2D eigenvalue weighted by molar-refractivity contribution is -0.137. The van der Waals surface area contributed by atoms with E-state index in [4.69, 9.17) is 14.2 Å². The number of aliphatic carboxylic acids is 1. The predicted molar refractivity (Wildman–Crippen MR) is 109 cm³/mol. The van der Waals surface area contributed by atoms with Gasteiger partial charge in [0.15, 0.2) is 0 Å². The Bertz CT molecular complexity index is 660. The Morgan fingerprint density at radius 2 is 1.59 bits per heavy atom. The number of rotatable bonds is 9. The summed E-state index contributed by atoms with van der Waals surface area (Å²) in [4.78, 5) is 11.1. The van der Waals surface area contributed by atoms with Crippen molar-refractivity contribution in [3.63, 3.8) is 0 Å². The fourth-order valence-electron chi connectivity index (χ4n) is 2.79. The molecule has 1 aromatic rings. The van der Waals surface area contributed by atoms with Gasteiger partial charge in [0.25, 0.3) is 0 Å². The molecule has 152 valence electrons. The molecule has 6 heteroatoms. The molecule has 0 aliphatic heterocycles. The van der Waals surface area contributed by atoms with E-state index >= 15 is 0 Å². The molecule has 1 atom stereocenters. The van der Waals surface area contributed by atoms with Crippen LogP contribution in [0, 0.1) is 0 Å². The van der Waals surface area contributed by atoms with E-state index in [1.807, 2.05) is 65.8 Å². The number of carbonyl (C=O) groups is 1. The zero-order chi connectivity index (χ0) is 20.9. The van der Waals surface area contributed by atoms with Crippen LogP contribution in [-0.2, 0) is 24.6 Å². The lowest BCUT2D eigenvalue weighted by Crippen LogP contribution is -2.24. The number of allylic oxidation sites excluding steroid dienone is 1. The van der Waals surface area contributed by atoms with Crippen molar-refractivity contribution in [2.75, 3.05) is 0 Å². The third kappa shape index (κ3) is 9.37. The summed E-state index contributed by atoms with van der Waals surface area (Å²) in [5, 5.41) is 9.09. The molecule has 0 spiro atoms. The molecule has 0 amide bonds. The molecule has 0 saturated carbocycles. The molecule has 0 aliphatic carbocycles. The van der Waals surface area contributed by atoms with Gasteiger partial charge in [0, 0.05) is 0 Å². The van der Waals surface area contributed by atoms with Crippen LogP contribution in [0.1, 0.15) is 71.4 Å². The number of benzene rings is 1. The number of hydrogen-bond donors (Lipinski definition) is 1. The summed E-state index contributed by atoms with van der Waals surface area (Å²) in [7, 11) is -3.37. The van der Waals surface area contributed by atoms with Gasteiger partial charge in [-0.3, -0.25) is 9.36 Å². The zero-order valence-corrected chi connectivity index (χ0v) is 18.2. The Morgan fingerprint density at radius 1 is 1.11 bits per heavy atom. The molecule has 0 unspecified atom stereocenters. The lowest BCUT2D eigenvalue weighted by atomic mass is 9.92. The fraction of sp³-hybridized carbons (Fsp3) is 0.571. The molecule has 5 nitrogen and oxygen atoms in total. The molecule has 1 rings (SSSR count). The molecule has 0 aliphatic rings. The Balaban J connectivity index is 3.04. The molecule has 0 saturated heterocycles. The molecule has 1 N–H and O–H groups in total. The van der Waals surface area contributed by atoms with Gasteiger partial charge in [-0.05, 0) is 65.0 Å². The van der Waals surface area contributed by atoms with Crippen molar-refractivity contribution in [2.45, 2.75) is 77.7 Å². The summed E-state index contributed by atoms with van der Waals surface area (Å²) in [6.45, 7) is 14.8. The molecule has 0 bridgehead atoms. The van der Waals surface area contributed by atoms with Crippen LogP contribution in [0.2, 0.25) is 0 Å². The van der Waals surface area contributed by atoms with Crippen LogP contribution >= 0.6 is 7.60 Å². The van der Waals surface area contributed by atoms with Crippen molar-refractivity contribution in [2.24, 2.45) is 0 Å². The van der Waals surface area contributed by atoms with Crippen LogP contribution in [0.4, 0.5) is 0 Å².